The van der Waals surface area contributed by atoms with Crippen molar-refractivity contribution in [1.82, 2.24) is 5.32 Å². The molecule has 1 aliphatic rings. The highest BCUT2D eigenvalue weighted by Gasteiger charge is 2.17. The zero-order valence-electron chi connectivity index (χ0n) is 9.23. The highest BCUT2D eigenvalue weighted by atomic mass is 16.6. The van der Waals surface area contributed by atoms with Crippen molar-refractivity contribution >= 4 is 5.91 Å². The number of benzene rings is 1. The van der Waals surface area contributed by atoms with E-state index in [0.717, 1.165) is 5.56 Å². The lowest BCUT2D eigenvalue weighted by atomic mass is 10.1. The van der Waals surface area contributed by atoms with Gasteiger partial charge in [0.25, 0.3) is 5.91 Å². The van der Waals surface area contributed by atoms with Crippen molar-refractivity contribution < 1.29 is 14.3 Å². The number of rotatable bonds is 2. The van der Waals surface area contributed by atoms with Gasteiger partial charge in [-0.2, -0.15) is 0 Å². The molecule has 86 valence electrons. The van der Waals surface area contributed by atoms with Gasteiger partial charge < -0.3 is 14.8 Å². The molecule has 4 nitrogen and oxygen atoms in total. The molecule has 4 heteroatoms. The molecule has 0 radical (unpaired) electrons. The van der Waals surface area contributed by atoms with Gasteiger partial charge in [0.1, 0.15) is 0 Å². The molecule has 2 rings (SSSR count). The molecule has 1 N–H and O–H groups in total. The Balaban J connectivity index is 1.94. The van der Waals surface area contributed by atoms with Gasteiger partial charge in [-0.25, -0.2) is 0 Å². The van der Waals surface area contributed by atoms with E-state index in [9.17, 15) is 4.79 Å². The SMILES string of the molecule is Cc1ccc(C(=O)NC2COCCO2)cc1. The molecule has 1 fully saturated rings. The van der Waals surface area contributed by atoms with Crippen LogP contribution in [-0.2, 0) is 9.47 Å². The molecule has 0 spiro atoms. The third-order valence-electron chi connectivity index (χ3n) is 2.42. The summed E-state index contributed by atoms with van der Waals surface area (Å²) < 4.78 is 10.5. The Morgan fingerprint density at radius 1 is 1.31 bits per heavy atom. The standard InChI is InChI=1S/C12H15NO3/c1-9-2-4-10(5-3-9)12(14)13-11-8-15-6-7-16-11/h2-5,11H,6-8H2,1H3,(H,13,14). The van der Waals surface area contributed by atoms with Crippen LogP contribution < -0.4 is 5.32 Å². The van der Waals surface area contributed by atoms with Gasteiger partial charge in [-0.15, -0.1) is 0 Å². The van der Waals surface area contributed by atoms with E-state index in [1.807, 2.05) is 19.1 Å². The summed E-state index contributed by atoms with van der Waals surface area (Å²) in [5.74, 6) is -0.129. The maximum Gasteiger partial charge on any atom is 0.253 e. The summed E-state index contributed by atoms with van der Waals surface area (Å²) >= 11 is 0. The molecule has 0 saturated carbocycles. The normalized spacial score (nSPS) is 20.4. The van der Waals surface area contributed by atoms with E-state index in [-0.39, 0.29) is 12.1 Å². The summed E-state index contributed by atoms with van der Waals surface area (Å²) in [6, 6.07) is 7.42. The van der Waals surface area contributed by atoms with E-state index in [4.69, 9.17) is 9.47 Å². The topological polar surface area (TPSA) is 47.6 Å². The Labute approximate surface area is 94.6 Å². The number of carbonyl (C=O) groups excluding carboxylic acids is 1. The quantitative estimate of drug-likeness (QED) is 0.813. The van der Waals surface area contributed by atoms with Crippen molar-refractivity contribution in [3.63, 3.8) is 0 Å². The summed E-state index contributed by atoms with van der Waals surface area (Å²) in [7, 11) is 0. The Hall–Kier alpha value is -1.39. The fourth-order valence-electron chi connectivity index (χ4n) is 1.51. The highest BCUT2D eigenvalue weighted by molar-refractivity contribution is 5.94. The first-order valence-electron chi connectivity index (χ1n) is 5.32. The summed E-state index contributed by atoms with van der Waals surface area (Å²) in [4.78, 5) is 11.8. The monoisotopic (exact) mass is 221 g/mol. The van der Waals surface area contributed by atoms with Gasteiger partial charge in [0.05, 0.1) is 19.8 Å². The van der Waals surface area contributed by atoms with Gasteiger partial charge in [0.15, 0.2) is 6.23 Å². The minimum atomic E-state index is -0.331. The van der Waals surface area contributed by atoms with Gasteiger partial charge in [0, 0.05) is 5.56 Å². The molecule has 0 aromatic heterocycles. The Kier molecular flexibility index (Phi) is 3.54. The van der Waals surface area contributed by atoms with Gasteiger partial charge in [-0.05, 0) is 19.1 Å². The molecule has 16 heavy (non-hydrogen) atoms. The van der Waals surface area contributed by atoms with Gasteiger partial charge in [-0.1, -0.05) is 17.7 Å². The smallest absolute Gasteiger partial charge is 0.253 e. The predicted octanol–water partition coefficient (Wildman–Crippen LogP) is 1.10. The predicted molar refractivity (Wildman–Crippen MR) is 59.2 cm³/mol. The number of carbonyl (C=O) groups is 1. The van der Waals surface area contributed by atoms with Gasteiger partial charge in [-0.3, -0.25) is 4.79 Å². The molecule has 1 atom stereocenters. The van der Waals surface area contributed by atoms with Crippen molar-refractivity contribution in [3.8, 4) is 0 Å². The van der Waals surface area contributed by atoms with Crippen molar-refractivity contribution in [2.45, 2.75) is 13.2 Å². The van der Waals surface area contributed by atoms with Crippen LogP contribution in [0.2, 0.25) is 0 Å². The zero-order chi connectivity index (χ0) is 11.4. The molecule has 1 unspecified atom stereocenters. The van der Waals surface area contributed by atoms with Crippen LogP contribution in [0.5, 0.6) is 0 Å². The Morgan fingerprint density at radius 3 is 2.69 bits per heavy atom. The minimum Gasteiger partial charge on any atom is -0.374 e. The second-order valence-corrected chi connectivity index (χ2v) is 3.77. The number of hydrogen-bond acceptors (Lipinski definition) is 3. The second kappa shape index (κ2) is 5.09. The number of amides is 1. The molecule has 1 heterocycles. The first-order chi connectivity index (χ1) is 7.75. The van der Waals surface area contributed by atoms with Crippen molar-refractivity contribution in [3.05, 3.63) is 35.4 Å². The van der Waals surface area contributed by atoms with Crippen LogP contribution in [0.15, 0.2) is 24.3 Å². The van der Waals surface area contributed by atoms with E-state index in [0.29, 0.717) is 25.4 Å². The molecular formula is C12H15NO3. The summed E-state index contributed by atoms with van der Waals surface area (Å²) in [6.45, 7) is 3.52. The number of nitrogens with one attached hydrogen (secondary N) is 1. The van der Waals surface area contributed by atoms with E-state index in [1.165, 1.54) is 0 Å². The Morgan fingerprint density at radius 2 is 2.06 bits per heavy atom. The lowest BCUT2D eigenvalue weighted by Gasteiger charge is -2.23. The van der Waals surface area contributed by atoms with Crippen LogP contribution in [0.1, 0.15) is 15.9 Å². The van der Waals surface area contributed by atoms with E-state index >= 15 is 0 Å². The average Bonchev–Trinajstić information content (AvgIpc) is 2.31. The van der Waals surface area contributed by atoms with E-state index < -0.39 is 0 Å². The minimum absolute atomic E-state index is 0.129. The third-order valence-corrected chi connectivity index (χ3v) is 2.42. The Bertz CT molecular complexity index is 355. The average molecular weight is 221 g/mol. The molecule has 1 aromatic rings. The number of aryl methyl sites for hydroxylation is 1. The summed E-state index contributed by atoms with van der Waals surface area (Å²) in [5.41, 5.74) is 1.77. The van der Waals surface area contributed by atoms with Gasteiger partial charge in [0.2, 0.25) is 0 Å². The van der Waals surface area contributed by atoms with Crippen LogP contribution in [0.4, 0.5) is 0 Å². The zero-order valence-corrected chi connectivity index (χ0v) is 9.23. The molecular weight excluding hydrogens is 206 g/mol. The molecule has 1 aliphatic heterocycles. The van der Waals surface area contributed by atoms with Crippen LogP contribution in [0.25, 0.3) is 0 Å². The van der Waals surface area contributed by atoms with E-state index in [1.54, 1.807) is 12.1 Å². The summed E-state index contributed by atoms with van der Waals surface area (Å²) in [6.07, 6.45) is -0.331. The maximum absolute atomic E-state index is 11.8. The van der Waals surface area contributed by atoms with Gasteiger partial charge >= 0.3 is 0 Å². The first-order valence-corrected chi connectivity index (χ1v) is 5.32. The molecule has 0 aliphatic carbocycles. The third kappa shape index (κ3) is 2.81. The lowest BCUT2D eigenvalue weighted by Crippen LogP contribution is -2.43. The summed E-state index contributed by atoms with van der Waals surface area (Å²) in [5, 5.41) is 2.77. The molecule has 1 saturated heterocycles. The molecule has 1 aromatic carbocycles. The van der Waals surface area contributed by atoms with Crippen LogP contribution in [0.3, 0.4) is 0 Å². The fraction of sp³-hybridized carbons (Fsp3) is 0.417. The van der Waals surface area contributed by atoms with Crippen molar-refractivity contribution in [2.24, 2.45) is 0 Å². The van der Waals surface area contributed by atoms with E-state index in [2.05, 4.69) is 5.32 Å². The number of ether oxygens (including phenoxy) is 2. The lowest BCUT2D eigenvalue weighted by molar-refractivity contribution is -0.0968. The van der Waals surface area contributed by atoms with Crippen molar-refractivity contribution in [2.75, 3.05) is 19.8 Å². The van der Waals surface area contributed by atoms with Crippen LogP contribution in [-0.4, -0.2) is 32.0 Å². The van der Waals surface area contributed by atoms with Crippen molar-refractivity contribution in [1.29, 1.82) is 0 Å². The number of hydrogen-bond donors (Lipinski definition) is 1. The van der Waals surface area contributed by atoms with Crippen LogP contribution in [0, 0.1) is 6.92 Å². The largest absolute Gasteiger partial charge is 0.374 e. The molecule has 1 amide bonds. The molecule has 0 bridgehead atoms. The highest BCUT2D eigenvalue weighted by Crippen LogP contribution is 2.04. The second-order valence-electron chi connectivity index (χ2n) is 3.77. The first kappa shape index (κ1) is 11.1. The maximum atomic E-state index is 11.8. The van der Waals surface area contributed by atoms with Crippen LogP contribution >= 0.6 is 0 Å². The fourth-order valence-corrected chi connectivity index (χ4v) is 1.51.